The van der Waals surface area contributed by atoms with Crippen LogP contribution in [0.4, 0.5) is 15.8 Å². The molecule has 1 unspecified atom stereocenters. The number of hydrogen-bond donors (Lipinski definition) is 1. The fourth-order valence-corrected chi connectivity index (χ4v) is 2.37. The number of benzene rings is 1. The van der Waals surface area contributed by atoms with Crippen LogP contribution in [-0.2, 0) is 4.79 Å². The first-order chi connectivity index (χ1) is 10.7. The third kappa shape index (κ3) is 3.20. The highest BCUT2D eigenvalue weighted by Gasteiger charge is 2.27. The second kappa shape index (κ2) is 6.15. The van der Waals surface area contributed by atoms with E-state index in [2.05, 4.69) is 10.4 Å². The quantitative estimate of drug-likeness (QED) is 0.692. The molecule has 2 rings (SSSR count). The van der Waals surface area contributed by atoms with E-state index in [4.69, 9.17) is 0 Å². The normalized spacial score (nSPS) is 12.0. The van der Waals surface area contributed by atoms with Gasteiger partial charge in [0.2, 0.25) is 5.91 Å². The molecule has 2 aromatic rings. The SMILES string of the molecule is Cc1ccc(NC(=O)C(C)n2nc(C)c([N+](=O)[O-])c2C)c(F)c1. The van der Waals surface area contributed by atoms with E-state index >= 15 is 0 Å². The van der Waals surface area contributed by atoms with Gasteiger partial charge in [0.05, 0.1) is 10.6 Å². The molecule has 0 aliphatic carbocycles. The molecule has 122 valence electrons. The summed E-state index contributed by atoms with van der Waals surface area (Å²) >= 11 is 0. The van der Waals surface area contributed by atoms with E-state index in [1.165, 1.54) is 30.7 Å². The van der Waals surface area contributed by atoms with E-state index in [0.717, 1.165) is 5.56 Å². The van der Waals surface area contributed by atoms with Crippen LogP contribution in [-0.4, -0.2) is 20.6 Å². The van der Waals surface area contributed by atoms with Crippen molar-refractivity contribution in [2.24, 2.45) is 0 Å². The van der Waals surface area contributed by atoms with Crippen molar-refractivity contribution >= 4 is 17.3 Å². The van der Waals surface area contributed by atoms with Crippen LogP contribution in [0.1, 0.15) is 29.9 Å². The maximum Gasteiger partial charge on any atom is 0.312 e. The highest BCUT2D eigenvalue weighted by Crippen LogP contribution is 2.25. The molecular weight excluding hydrogens is 303 g/mol. The van der Waals surface area contributed by atoms with Crippen molar-refractivity contribution in [1.29, 1.82) is 0 Å². The number of amides is 1. The molecule has 0 fully saturated rings. The average Bonchev–Trinajstić information content (AvgIpc) is 2.76. The highest BCUT2D eigenvalue weighted by atomic mass is 19.1. The van der Waals surface area contributed by atoms with E-state index in [1.807, 2.05) is 0 Å². The molecule has 0 aliphatic heterocycles. The zero-order valence-electron chi connectivity index (χ0n) is 13.3. The molecule has 0 bridgehead atoms. The van der Waals surface area contributed by atoms with E-state index in [9.17, 15) is 19.3 Å². The molecule has 0 aliphatic rings. The maximum atomic E-state index is 13.8. The molecule has 7 nitrogen and oxygen atoms in total. The van der Waals surface area contributed by atoms with Crippen molar-refractivity contribution in [3.05, 3.63) is 51.1 Å². The van der Waals surface area contributed by atoms with Crippen molar-refractivity contribution in [2.45, 2.75) is 33.7 Å². The van der Waals surface area contributed by atoms with Gasteiger partial charge in [0, 0.05) is 0 Å². The summed E-state index contributed by atoms with van der Waals surface area (Å²) < 4.78 is 15.1. The fourth-order valence-electron chi connectivity index (χ4n) is 2.37. The molecule has 23 heavy (non-hydrogen) atoms. The van der Waals surface area contributed by atoms with E-state index < -0.39 is 22.7 Å². The summed E-state index contributed by atoms with van der Waals surface area (Å²) in [7, 11) is 0. The van der Waals surface area contributed by atoms with Gasteiger partial charge < -0.3 is 5.32 Å². The Bertz CT molecular complexity index is 785. The summed E-state index contributed by atoms with van der Waals surface area (Å²) in [4.78, 5) is 22.8. The van der Waals surface area contributed by atoms with Gasteiger partial charge >= 0.3 is 5.69 Å². The van der Waals surface area contributed by atoms with Crippen molar-refractivity contribution in [1.82, 2.24) is 9.78 Å². The summed E-state index contributed by atoms with van der Waals surface area (Å²) in [6.45, 7) is 6.32. The van der Waals surface area contributed by atoms with Crippen LogP contribution < -0.4 is 5.32 Å². The molecular formula is C15H17FN4O3. The van der Waals surface area contributed by atoms with E-state index in [-0.39, 0.29) is 22.8 Å². The Balaban J connectivity index is 2.27. The Morgan fingerprint density at radius 1 is 1.39 bits per heavy atom. The summed E-state index contributed by atoms with van der Waals surface area (Å²) in [6.07, 6.45) is 0. The molecule has 0 spiro atoms. The lowest BCUT2D eigenvalue weighted by Crippen LogP contribution is -2.25. The van der Waals surface area contributed by atoms with Gasteiger partial charge in [0.15, 0.2) is 0 Å². The number of rotatable bonds is 4. The molecule has 8 heteroatoms. The number of aryl methyl sites for hydroxylation is 2. The van der Waals surface area contributed by atoms with Crippen LogP contribution in [0.2, 0.25) is 0 Å². The molecule has 0 radical (unpaired) electrons. The highest BCUT2D eigenvalue weighted by molar-refractivity contribution is 5.93. The van der Waals surface area contributed by atoms with Gasteiger partial charge in [-0.05, 0) is 45.4 Å². The molecule has 1 atom stereocenters. The van der Waals surface area contributed by atoms with Crippen LogP contribution in [0, 0.1) is 36.7 Å². The third-order valence-electron chi connectivity index (χ3n) is 3.60. The van der Waals surface area contributed by atoms with E-state index in [1.54, 1.807) is 19.9 Å². The minimum Gasteiger partial charge on any atom is -0.322 e. The fraction of sp³-hybridized carbons (Fsp3) is 0.333. The molecule has 1 amide bonds. The standard InChI is InChI=1S/C15H17FN4O3/c1-8-5-6-13(12(16)7-8)17-15(21)11(4)19-10(3)14(20(22)23)9(2)18-19/h5-7,11H,1-4H3,(H,17,21). The van der Waals surface area contributed by atoms with Crippen LogP contribution >= 0.6 is 0 Å². The summed E-state index contributed by atoms with van der Waals surface area (Å²) in [5.74, 6) is -1.04. The van der Waals surface area contributed by atoms with Crippen LogP contribution in [0.15, 0.2) is 18.2 Å². The van der Waals surface area contributed by atoms with E-state index in [0.29, 0.717) is 0 Å². The largest absolute Gasteiger partial charge is 0.322 e. The van der Waals surface area contributed by atoms with Gasteiger partial charge in [-0.25, -0.2) is 4.39 Å². The van der Waals surface area contributed by atoms with Crippen molar-refractivity contribution in [3.63, 3.8) is 0 Å². The molecule has 0 saturated heterocycles. The van der Waals surface area contributed by atoms with Gasteiger partial charge in [0.1, 0.15) is 23.2 Å². The summed E-state index contributed by atoms with van der Waals surface area (Å²) in [5, 5.41) is 17.5. The first-order valence-electron chi connectivity index (χ1n) is 6.99. The number of nitrogens with one attached hydrogen (secondary N) is 1. The minimum atomic E-state index is -0.817. The molecule has 1 aromatic heterocycles. The van der Waals surface area contributed by atoms with Gasteiger partial charge in [-0.1, -0.05) is 6.07 Å². The van der Waals surface area contributed by atoms with Crippen LogP contribution in [0.25, 0.3) is 0 Å². The number of nitrogens with zero attached hydrogens (tertiary/aromatic N) is 3. The number of halogens is 1. The van der Waals surface area contributed by atoms with Crippen molar-refractivity contribution in [3.8, 4) is 0 Å². The first-order valence-corrected chi connectivity index (χ1v) is 6.99. The van der Waals surface area contributed by atoms with Crippen LogP contribution in [0.5, 0.6) is 0 Å². The van der Waals surface area contributed by atoms with Crippen molar-refractivity contribution in [2.75, 3.05) is 5.32 Å². The minimum absolute atomic E-state index is 0.0588. The molecule has 1 heterocycles. The number of aromatic nitrogens is 2. The average molecular weight is 320 g/mol. The lowest BCUT2D eigenvalue weighted by atomic mass is 10.2. The Morgan fingerprint density at radius 2 is 2.04 bits per heavy atom. The molecule has 1 N–H and O–H groups in total. The number of hydrogen-bond acceptors (Lipinski definition) is 4. The third-order valence-corrected chi connectivity index (χ3v) is 3.60. The number of anilines is 1. The number of nitro groups is 1. The van der Waals surface area contributed by atoms with Crippen LogP contribution in [0.3, 0.4) is 0 Å². The second-order valence-electron chi connectivity index (χ2n) is 5.37. The monoisotopic (exact) mass is 320 g/mol. The Hall–Kier alpha value is -2.77. The Morgan fingerprint density at radius 3 is 2.57 bits per heavy atom. The second-order valence-corrected chi connectivity index (χ2v) is 5.37. The predicted octanol–water partition coefficient (Wildman–Crippen LogP) is 3.06. The van der Waals surface area contributed by atoms with Gasteiger partial charge in [-0.15, -0.1) is 0 Å². The first kappa shape index (κ1) is 16.6. The molecule has 1 aromatic carbocycles. The molecule has 0 saturated carbocycles. The lowest BCUT2D eigenvalue weighted by molar-refractivity contribution is -0.386. The predicted molar refractivity (Wildman–Crippen MR) is 82.8 cm³/mol. The smallest absolute Gasteiger partial charge is 0.312 e. The van der Waals surface area contributed by atoms with Gasteiger partial charge in [0.25, 0.3) is 0 Å². The number of carbonyl (C=O) groups is 1. The van der Waals surface area contributed by atoms with Gasteiger partial charge in [-0.2, -0.15) is 5.10 Å². The Labute approximate surface area is 132 Å². The summed E-state index contributed by atoms with van der Waals surface area (Å²) in [5.41, 5.74) is 1.19. The zero-order chi connectivity index (χ0) is 17.3. The summed E-state index contributed by atoms with van der Waals surface area (Å²) in [6, 6.07) is 3.65. The Kier molecular flexibility index (Phi) is 4.44. The topological polar surface area (TPSA) is 90.1 Å². The lowest BCUT2D eigenvalue weighted by Gasteiger charge is -2.14. The van der Waals surface area contributed by atoms with Gasteiger partial charge in [-0.3, -0.25) is 19.6 Å². The van der Waals surface area contributed by atoms with Crippen molar-refractivity contribution < 1.29 is 14.1 Å². The maximum absolute atomic E-state index is 13.8. The zero-order valence-corrected chi connectivity index (χ0v) is 13.3. The number of carbonyl (C=O) groups excluding carboxylic acids is 1.